The minimum Gasteiger partial charge on any atom is -0.497 e. The Labute approximate surface area is 144 Å². The number of aliphatic imine (C=N–C) groups is 1. The zero-order chi connectivity index (χ0) is 17.1. The summed E-state index contributed by atoms with van der Waals surface area (Å²) < 4.78 is 5.17. The van der Waals surface area contributed by atoms with Crippen LogP contribution in [0, 0.1) is 0 Å². The predicted molar refractivity (Wildman–Crippen MR) is 96.2 cm³/mol. The molecule has 2 aromatic heterocycles. The number of methoxy groups -OCH3 is 1. The van der Waals surface area contributed by atoms with Gasteiger partial charge in [-0.2, -0.15) is 4.98 Å². The molecule has 3 rings (SSSR count). The number of hydrogen-bond donors (Lipinski definition) is 0. The minimum atomic E-state index is 0.344. The van der Waals surface area contributed by atoms with Crippen LogP contribution in [0.1, 0.15) is 0 Å². The molecule has 3 aromatic rings. The Morgan fingerprint density at radius 2 is 1.92 bits per heavy atom. The van der Waals surface area contributed by atoms with E-state index in [9.17, 15) is 0 Å². The Hall–Kier alpha value is -2.73. The standard InChI is InChI=1S/C17H16ClN5O/c1-23(2)10-20-17-19-9-12-8-14(15(18)21-16(12)22-17)11-4-6-13(24-3)7-5-11/h4-10H,1-3H3/b20-10-. The molecule has 1 aromatic carbocycles. The lowest BCUT2D eigenvalue weighted by atomic mass is 10.1. The van der Waals surface area contributed by atoms with Crippen molar-refractivity contribution >= 4 is 34.9 Å². The summed E-state index contributed by atoms with van der Waals surface area (Å²) in [5, 5.41) is 1.18. The summed E-state index contributed by atoms with van der Waals surface area (Å²) >= 11 is 6.34. The monoisotopic (exact) mass is 341 g/mol. The van der Waals surface area contributed by atoms with Gasteiger partial charge in [-0.1, -0.05) is 23.7 Å². The first-order chi connectivity index (χ1) is 11.6. The van der Waals surface area contributed by atoms with E-state index in [-0.39, 0.29) is 0 Å². The molecule has 7 heteroatoms. The fourth-order valence-electron chi connectivity index (χ4n) is 2.14. The number of pyridine rings is 1. The molecular formula is C17H16ClN5O. The molecular weight excluding hydrogens is 326 g/mol. The first kappa shape index (κ1) is 16.1. The first-order valence-corrected chi connectivity index (χ1v) is 7.63. The third-order valence-corrected chi connectivity index (χ3v) is 3.60. The molecule has 0 radical (unpaired) electrons. The molecule has 24 heavy (non-hydrogen) atoms. The van der Waals surface area contributed by atoms with E-state index in [4.69, 9.17) is 16.3 Å². The zero-order valence-corrected chi connectivity index (χ0v) is 14.3. The molecule has 0 saturated carbocycles. The van der Waals surface area contributed by atoms with Gasteiger partial charge in [0.15, 0.2) is 5.65 Å². The molecule has 0 spiro atoms. The van der Waals surface area contributed by atoms with E-state index in [0.29, 0.717) is 16.7 Å². The largest absolute Gasteiger partial charge is 0.497 e. The Balaban J connectivity index is 2.02. The number of halogens is 1. The average Bonchev–Trinajstić information content (AvgIpc) is 2.59. The molecule has 0 atom stereocenters. The summed E-state index contributed by atoms with van der Waals surface area (Å²) in [6.45, 7) is 0. The van der Waals surface area contributed by atoms with Crippen molar-refractivity contribution in [2.75, 3.05) is 21.2 Å². The lowest BCUT2D eigenvalue weighted by molar-refractivity contribution is 0.415. The van der Waals surface area contributed by atoms with Crippen LogP contribution in [0.5, 0.6) is 5.75 Å². The van der Waals surface area contributed by atoms with Crippen LogP contribution in [0.3, 0.4) is 0 Å². The molecule has 0 fully saturated rings. The number of rotatable bonds is 4. The van der Waals surface area contributed by atoms with E-state index in [1.165, 1.54) is 0 Å². The molecule has 0 saturated heterocycles. The van der Waals surface area contributed by atoms with Gasteiger partial charge in [0.05, 0.1) is 13.4 Å². The van der Waals surface area contributed by atoms with Gasteiger partial charge in [0.1, 0.15) is 10.9 Å². The lowest BCUT2D eigenvalue weighted by Gasteiger charge is -2.07. The average molecular weight is 342 g/mol. The number of ether oxygens (including phenoxy) is 1. The maximum Gasteiger partial charge on any atom is 0.252 e. The van der Waals surface area contributed by atoms with Gasteiger partial charge < -0.3 is 9.64 Å². The van der Waals surface area contributed by atoms with Crippen molar-refractivity contribution in [1.82, 2.24) is 19.9 Å². The minimum absolute atomic E-state index is 0.344. The van der Waals surface area contributed by atoms with Crippen LogP contribution in [-0.4, -0.2) is 47.4 Å². The first-order valence-electron chi connectivity index (χ1n) is 7.25. The van der Waals surface area contributed by atoms with Gasteiger partial charge in [-0.05, 0) is 23.8 Å². The molecule has 0 aliphatic carbocycles. The van der Waals surface area contributed by atoms with Gasteiger partial charge in [-0.15, -0.1) is 0 Å². The van der Waals surface area contributed by atoms with Crippen molar-refractivity contribution in [1.29, 1.82) is 0 Å². The summed E-state index contributed by atoms with van der Waals surface area (Å²) in [6, 6.07) is 9.55. The van der Waals surface area contributed by atoms with Crippen LogP contribution >= 0.6 is 11.6 Å². The highest BCUT2D eigenvalue weighted by molar-refractivity contribution is 6.32. The molecule has 0 aliphatic rings. The van der Waals surface area contributed by atoms with Gasteiger partial charge in [0, 0.05) is 31.2 Å². The second kappa shape index (κ2) is 6.80. The second-order valence-corrected chi connectivity index (χ2v) is 5.70. The van der Waals surface area contributed by atoms with Gasteiger partial charge in [0.25, 0.3) is 5.95 Å². The lowest BCUT2D eigenvalue weighted by Crippen LogP contribution is -2.07. The van der Waals surface area contributed by atoms with Crippen LogP contribution in [-0.2, 0) is 0 Å². The summed E-state index contributed by atoms with van der Waals surface area (Å²) in [7, 11) is 5.38. The Morgan fingerprint density at radius 1 is 1.17 bits per heavy atom. The van der Waals surface area contributed by atoms with Crippen LogP contribution in [0.4, 0.5) is 5.95 Å². The maximum atomic E-state index is 6.34. The number of aromatic nitrogens is 3. The summed E-state index contributed by atoms with van der Waals surface area (Å²) in [5.74, 6) is 1.13. The molecule has 0 aliphatic heterocycles. The van der Waals surface area contributed by atoms with Crippen molar-refractivity contribution in [2.45, 2.75) is 0 Å². The fraction of sp³-hybridized carbons (Fsp3) is 0.176. The highest BCUT2D eigenvalue weighted by Crippen LogP contribution is 2.30. The molecule has 0 unspecified atom stereocenters. The Bertz CT molecular complexity index is 893. The van der Waals surface area contributed by atoms with Crippen molar-refractivity contribution in [2.24, 2.45) is 4.99 Å². The second-order valence-electron chi connectivity index (χ2n) is 5.35. The molecule has 0 bridgehead atoms. The van der Waals surface area contributed by atoms with E-state index in [2.05, 4.69) is 19.9 Å². The normalized spacial score (nSPS) is 11.2. The van der Waals surface area contributed by atoms with E-state index < -0.39 is 0 Å². The van der Waals surface area contributed by atoms with Crippen molar-refractivity contribution < 1.29 is 4.74 Å². The highest BCUT2D eigenvalue weighted by Gasteiger charge is 2.09. The predicted octanol–water partition coefficient (Wildman–Crippen LogP) is 3.58. The number of hydrogen-bond acceptors (Lipinski definition) is 5. The van der Waals surface area contributed by atoms with Crippen LogP contribution in [0.25, 0.3) is 22.2 Å². The summed E-state index contributed by atoms with van der Waals surface area (Å²) in [4.78, 5) is 18.9. The Kier molecular flexibility index (Phi) is 4.57. The van der Waals surface area contributed by atoms with Crippen LogP contribution in [0.15, 0.2) is 41.5 Å². The van der Waals surface area contributed by atoms with Gasteiger partial charge in [0.2, 0.25) is 0 Å². The molecule has 2 heterocycles. The van der Waals surface area contributed by atoms with Crippen molar-refractivity contribution in [3.8, 4) is 16.9 Å². The summed E-state index contributed by atoms with van der Waals surface area (Å²) in [6.07, 6.45) is 3.33. The third-order valence-electron chi connectivity index (χ3n) is 3.31. The van der Waals surface area contributed by atoms with Crippen molar-refractivity contribution in [3.05, 3.63) is 41.7 Å². The number of benzene rings is 1. The number of nitrogens with zero attached hydrogens (tertiary/aromatic N) is 5. The smallest absolute Gasteiger partial charge is 0.252 e. The molecule has 122 valence electrons. The Morgan fingerprint density at radius 3 is 2.58 bits per heavy atom. The van der Waals surface area contributed by atoms with Crippen LogP contribution < -0.4 is 4.74 Å². The number of fused-ring (bicyclic) bond motifs is 1. The summed E-state index contributed by atoms with van der Waals surface area (Å²) in [5.41, 5.74) is 2.28. The van der Waals surface area contributed by atoms with E-state index in [1.54, 1.807) is 24.5 Å². The van der Waals surface area contributed by atoms with Crippen LogP contribution in [0.2, 0.25) is 5.15 Å². The SMILES string of the molecule is COc1ccc(-c2cc3cnc(/N=C\N(C)C)nc3nc2Cl)cc1. The van der Waals surface area contributed by atoms with Gasteiger partial charge in [-0.3, -0.25) is 0 Å². The van der Waals surface area contributed by atoms with Gasteiger partial charge >= 0.3 is 0 Å². The third kappa shape index (κ3) is 3.44. The van der Waals surface area contributed by atoms with Crippen molar-refractivity contribution in [3.63, 3.8) is 0 Å². The topological polar surface area (TPSA) is 63.5 Å². The molecule has 6 nitrogen and oxygen atoms in total. The fourth-order valence-corrected chi connectivity index (χ4v) is 2.38. The van der Waals surface area contributed by atoms with Gasteiger partial charge in [-0.25, -0.2) is 15.0 Å². The van der Waals surface area contributed by atoms with E-state index in [1.807, 2.05) is 44.4 Å². The molecule has 0 amide bonds. The van der Waals surface area contributed by atoms with E-state index >= 15 is 0 Å². The van der Waals surface area contributed by atoms with E-state index in [0.717, 1.165) is 22.3 Å². The zero-order valence-electron chi connectivity index (χ0n) is 13.6. The highest BCUT2D eigenvalue weighted by atomic mass is 35.5. The maximum absolute atomic E-state index is 6.34. The molecule has 0 N–H and O–H groups in total. The quantitative estimate of drug-likeness (QED) is 0.412.